The average Bonchev–Trinajstić information content (AvgIpc) is 2.73. The zero-order valence-corrected chi connectivity index (χ0v) is 15.6. The molecule has 1 N–H and O–H groups in total. The van der Waals surface area contributed by atoms with Gasteiger partial charge in [-0.25, -0.2) is 9.18 Å². The van der Waals surface area contributed by atoms with Crippen LogP contribution in [0.1, 0.15) is 39.3 Å². The zero-order chi connectivity index (χ0) is 20.8. The van der Waals surface area contributed by atoms with Crippen LogP contribution >= 0.6 is 0 Å². The molecule has 5 nitrogen and oxygen atoms in total. The number of Topliss-reactive ketones (excluding diaryl/α,β-unsaturated/α-hetero) is 1. The van der Waals surface area contributed by atoms with Crippen LogP contribution < -0.4 is 5.32 Å². The van der Waals surface area contributed by atoms with E-state index in [9.17, 15) is 18.8 Å². The van der Waals surface area contributed by atoms with Gasteiger partial charge in [0.05, 0.1) is 5.56 Å². The number of hydrogen-bond acceptors (Lipinski definition) is 4. The fourth-order valence-electron chi connectivity index (χ4n) is 2.72. The first-order valence-corrected chi connectivity index (χ1v) is 8.88. The zero-order valence-electron chi connectivity index (χ0n) is 15.6. The summed E-state index contributed by atoms with van der Waals surface area (Å²) in [6.07, 6.45) is -1.30. The number of carbonyl (C=O) groups is 3. The number of rotatable bonds is 6. The second-order valence-electron chi connectivity index (χ2n) is 6.30. The Bertz CT molecular complexity index is 1050. The van der Waals surface area contributed by atoms with Crippen molar-refractivity contribution >= 4 is 23.3 Å². The van der Waals surface area contributed by atoms with Gasteiger partial charge in [0.1, 0.15) is 5.82 Å². The molecule has 0 aromatic heterocycles. The third-order valence-electron chi connectivity index (χ3n) is 4.20. The summed E-state index contributed by atoms with van der Waals surface area (Å²) in [5.74, 6) is -2.46. The van der Waals surface area contributed by atoms with Gasteiger partial charge in [-0.05, 0) is 31.2 Å². The minimum absolute atomic E-state index is 0.147. The lowest BCUT2D eigenvalue weighted by Crippen LogP contribution is -2.26. The lowest BCUT2D eigenvalue weighted by atomic mass is 10.1. The number of amides is 1. The number of halogens is 1. The molecule has 6 heteroatoms. The van der Waals surface area contributed by atoms with E-state index >= 15 is 0 Å². The maximum Gasteiger partial charge on any atom is 0.342 e. The van der Waals surface area contributed by atoms with Crippen LogP contribution in [0.25, 0.3) is 0 Å². The SMILES string of the molecule is CC(=O)c1cccc(NC(=O)[C@@H](OC(=O)c2ccccc2F)c2ccccc2)c1. The standard InChI is InChI=1S/C23H18FNO4/c1-15(26)17-10-7-11-18(14-17)25-22(27)21(16-8-3-2-4-9-16)29-23(28)19-12-5-6-13-20(19)24/h2-14,21H,1H3,(H,25,27)/t21-/m0/s1. The molecule has 3 aromatic carbocycles. The van der Waals surface area contributed by atoms with E-state index in [4.69, 9.17) is 4.74 Å². The second kappa shape index (κ2) is 8.93. The number of nitrogens with one attached hydrogen (secondary N) is 1. The number of esters is 1. The molecule has 0 saturated carbocycles. The minimum atomic E-state index is -1.30. The Morgan fingerprint density at radius 1 is 0.897 bits per heavy atom. The number of anilines is 1. The molecule has 0 radical (unpaired) electrons. The lowest BCUT2D eigenvalue weighted by Gasteiger charge is -2.18. The van der Waals surface area contributed by atoms with E-state index in [2.05, 4.69) is 5.32 Å². The molecule has 0 heterocycles. The molecular formula is C23H18FNO4. The highest BCUT2D eigenvalue weighted by Crippen LogP contribution is 2.23. The van der Waals surface area contributed by atoms with Crippen molar-refractivity contribution in [2.45, 2.75) is 13.0 Å². The van der Waals surface area contributed by atoms with Crippen molar-refractivity contribution in [1.29, 1.82) is 0 Å². The van der Waals surface area contributed by atoms with E-state index in [1.54, 1.807) is 48.5 Å². The minimum Gasteiger partial charge on any atom is -0.444 e. The van der Waals surface area contributed by atoms with Gasteiger partial charge < -0.3 is 10.1 Å². The molecule has 29 heavy (non-hydrogen) atoms. The Labute approximate surface area is 167 Å². The van der Waals surface area contributed by atoms with E-state index < -0.39 is 23.8 Å². The first-order chi connectivity index (χ1) is 14.0. The summed E-state index contributed by atoms with van der Waals surface area (Å²) in [5.41, 5.74) is 0.977. The van der Waals surface area contributed by atoms with Gasteiger partial charge >= 0.3 is 5.97 Å². The second-order valence-corrected chi connectivity index (χ2v) is 6.30. The molecule has 0 saturated heterocycles. The summed E-state index contributed by atoms with van der Waals surface area (Å²) in [7, 11) is 0. The lowest BCUT2D eigenvalue weighted by molar-refractivity contribution is -0.125. The molecule has 0 aliphatic heterocycles. The molecule has 1 amide bonds. The monoisotopic (exact) mass is 391 g/mol. The van der Waals surface area contributed by atoms with Crippen LogP contribution in [0.15, 0.2) is 78.9 Å². The van der Waals surface area contributed by atoms with Crippen molar-refractivity contribution in [3.63, 3.8) is 0 Å². The van der Waals surface area contributed by atoms with Gasteiger partial charge in [-0.3, -0.25) is 9.59 Å². The summed E-state index contributed by atoms with van der Waals surface area (Å²) in [6.45, 7) is 1.42. The van der Waals surface area contributed by atoms with Crippen LogP contribution in [0, 0.1) is 5.82 Å². The number of hydrogen-bond donors (Lipinski definition) is 1. The quantitative estimate of drug-likeness (QED) is 0.494. The predicted octanol–water partition coefficient (Wildman–Crippen LogP) is 4.57. The Morgan fingerprint density at radius 2 is 1.59 bits per heavy atom. The first-order valence-electron chi connectivity index (χ1n) is 8.88. The van der Waals surface area contributed by atoms with E-state index in [0.29, 0.717) is 16.8 Å². The van der Waals surface area contributed by atoms with E-state index in [1.807, 2.05) is 0 Å². The Hall–Kier alpha value is -3.80. The smallest absolute Gasteiger partial charge is 0.342 e. The molecule has 0 aliphatic carbocycles. The summed E-state index contributed by atoms with van der Waals surface area (Å²) in [5, 5.41) is 2.65. The van der Waals surface area contributed by atoms with Crippen molar-refractivity contribution in [3.05, 3.63) is 101 Å². The molecule has 0 aliphatic rings. The maximum absolute atomic E-state index is 13.9. The van der Waals surface area contributed by atoms with E-state index in [0.717, 1.165) is 6.07 Å². The first kappa shape index (κ1) is 19.9. The van der Waals surface area contributed by atoms with Gasteiger partial charge in [0.15, 0.2) is 5.78 Å². The Kier molecular flexibility index (Phi) is 6.14. The number of benzene rings is 3. The molecule has 0 unspecified atom stereocenters. The molecule has 0 fully saturated rings. The largest absolute Gasteiger partial charge is 0.444 e. The molecule has 146 valence electrons. The van der Waals surface area contributed by atoms with Gasteiger partial charge in [0, 0.05) is 16.8 Å². The Morgan fingerprint density at radius 3 is 2.28 bits per heavy atom. The fourth-order valence-corrected chi connectivity index (χ4v) is 2.72. The summed E-state index contributed by atoms with van der Waals surface area (Å²) < 4.78 is 19.3. The highest BCUT2D eigenvalue weighted by atomic mass is 19.1. The predicted molar refractivity (Wildman–Crippen MR) is 106 cm³/mol. The molecular weight excluding hydrogens is 373 g/mol. The summed E-state index contributed by atoms with van der Waals surface area (Å²) in [4.78, 5) is 36.9. The average molecular weight is 391 g/mol. The highest BCUT2D eigenvalue weighted by molar-refractivity contribution is 6.00. The van der Waals surface area contributed by atoms with Crippen LogP contribution in [-0.2, 0) is 9.53 Å². The molecule has 0 spiro atoms. The Balaban J connectivity index is 1.87. The fraction of sp³-hybridized carbons (Fsp3) is 0.0870. The highest BCUT2D eigenvalue weighted by Gasteiger charge is 2.27. The van der Waals surface area contributed by atoms with Crippen LogP contribution in [0.4, 0.5) is 10.1 Å². The topological polar surface area (TPSA) is 72.5 Å². The number of ketones is 1. The van der Waals surface area contributed by atoms with Crippen molar-refractivity contribution in [2.75, 3.05) is 5.32 Å². The maximum atomic E-state index is 13.9. The van der Waals surface area contributed by atoms with Gasteiger partial charge in [-0.15, -0.1) is 0 Å². The third kappa shape index (κ3) is 4.93. The molecule has 1 atom stereocenters. The van der Waals surface area contributed by atoms with Crippen molar-refractivity contribution < 1.29 is 23.5 Å². The van der Waals surface area contributed by atoms with Crippen LogP contribution in [0.2, 0.25) is 0 Å². The van der Waals surface area contributed by atoms with Gasteiger partial charge in [-0.1, -0.05) is 54.6 Å². The summed E-state index contributed by atoms with van der Waals surface area (Å²) >= 11 is 0. The molecule has 3 rings (SSSR count). The van der Waals surface area contributed by atoms with Gasteiger partial charge in [-0.2, -0.15) is 0 Å². The molecule has 3 aromatic rings. The number of ether oxygens (including phenoxy) is 1. The van der Waals surface area contributed by atoms with Gasteiger partial charge in [0.2, 0.25) is 6.10 Å². The number of carbonyl (C=O) groups excluding carboxylic acids is 3. The van der Waals surface area contributed by atoms with Gasteiger partial charge in [0.25, 0.3) is 5.91 Å². The van der Waals surface area contributed by atoms with E-state index in [1.165, 1.54) is 31.2 Å². The summed E-state index contributed by atoms with van der Waals surface area (Å²) in [6, 6.07) is 20.2. The van der Waals surface area contributed by atoms with Crippen LogP contribution in [0.3, 0.4) is 0 Å². The van der Waals surface area contributed by atoms with Crippen LogP contribution in [-0.4, -0.2) is 17.7 Å². The molecule has 0 bridgehead atoms. The van der Waals surface area contributed by atoms with Crippen molar-refractivity contribution in [1.82, 2.24) is 0 Å². The van der Waals surface area contributed by atoms with Crippen LogP contribution in [0.5, 0.6) is 0 Å². The van der Waals surface area contributed by atoms with Crippen molar-refractivity contribution in [3.8, 4) is 0 Å². The van der Waals surface area contributed by atoms with E-state index in [-0.39, 0.29) is 11.3 Å². The third-order valence-corrected chi connectivity index (χ3v) is 4.20. The van der Waals surface area contributed by atoms with Crippen molar-refractivity contribution in [2.24, 2.45) is 0 Å². The normalized spacial score (nSPS) is 11.4.